The molecular weight excluding hydrogens is 488 g/mol. The molecule has 0 spiro atoms. The van der Waals surface area contributed by atoms with Crippen molar-refractivity contribution in [1.82, 2.24) is 0 Å². The number of nitrogens with one attached hydrogen (secondary N) is 2. The molecule has 0 aliphatic carbocycles. The maximum Gasteiger partial charge on any atom is 0.259 e. The van der Waals surface area contributed by atoms with Gasteiger partial charge in [-0.15, -0.1) is 0 Å². The molecule has 196 valence electrons. The van der Waals surface area contributed by atoms with Gasteiger partial charge in [0.25, 0.3) is 11.8 Å². The lowest BCUT2D eigenvalue weighted by Gasteiger charge is -2.37. The van der Waals surface area contributed by atoms with Crippen LogP contribution >= 0.6 is 0 Å². The maximum absolute atomic E-state index is 13.2. The molecule has 2 atom stereocenters. The molecule has 0 aromatic heterocycles. The van der Waals surface area contributed by atoms with Crippen molar-refractivity contribution in [3.05, 3.63) is 95.6 Å². The van der Waals surface area contributed by atoms with Gasteiger partial charge in [-0.25, -0.2) is 0 Å². The standard InChI is InChI=1S/C28H28N4O6/c29-25(30)18-9-11-20(12-10-18)31-26(34)23(33)24-27(35)32(13-14-36-24)21-8-4-5-17(15-21)16-22-37-28(38-22)19-6-2-1-3-7-19/h1-12,15,22-24,28,33H,13-14,16H2,(H3,29,30)(H,31,34)/t22?,23-,24-,28?/m1/s1. The van der Waals surface area contributed by atoms with Crippen LogP contribution in [0.1, 0.15) is 23.0 Å². The van der Waals surface area contributed by atoms with Crippen LogP contribution in [0.4, 0.5) is 11.4 Å². The van der Waals surface area contributed by atoms with E-state index in [-0.39, 0.29) is 25.3 Å². The summed E-state index contributed by atoms with van der Waals surface area (Å²) in [7, 11) is 0. The highest BCUT2D eigenvalue weighted by Crippen LogP contribution is 2.33. The molecule has 2 aliphatic heterocycles. The minimum atomic E-state index is -1.72. The van der Waals surface area contributed by atoms with Gasteiger partial charge in [-0.3, -0.25) is 15.0 Å². The molecule has 3 aromatic rings. The summed E-state index contributed by atoms with van der Waals surface area (Å²) in [6.07, 6.45) is -3.34. The van der Waals surface area contributed by atoms with Crippen LogP contribution in [0, 0.1) is 5.41 Å². The number of aliphatic hydroxyl groups is 1. The Labute approximate surface area is 219 Å². The van der Waals surface area contributed by atoms with Gasteiger partial charge in [-0.2, -0.15) is 0 Å². The number of rotatable bonds is 8. The zero-order chi connectivity index (χ0) is 26.6. The molecule has 2 amide bonds. The van der Waals surface area contributed by atoms with E-state index in [2.05, 4.69) is 5.32 Å². The SMILES string of the molecule is N=C(N)c1ccc(NC(=O)[C@H](O)[C@H]2OCCN(c3cccc(CC4OC(c5ccccc5)O4)c3)C2=O)cc1. The number of carbonyl (C=O) groups excluding carboxylic acids is 2. The van der Waals surface area contributed by atoms with Crippen molar-refractivity contribution in [2.24, 2.45) is 5.73 Å². The first-order valence-electron chi connectivity index (χ1n) is 12.2. The molecule has 5 rings (SSSR count). The molecule has 0 unspecified atom stereocenters. The van der Waals surface area contributed by atoms with Crippen molar-refractivity contribution in [3.63, 3.8) is 0 Å². The molecule has 38 heavy (non-hydrogen) atoms. The number of ether oxygens (including phenoxy) is 3. The summed E-state index contributed by atoms with van der Waals surface area (Å²) in [6, 6.07) is 23.4. The van der Waals surface area contributed by atoms with Gasteiger partial charge in [0.1, 0.15) is 5.84 Å². The second-order valence-electron chi connectivity index (χ2n) is 9.02. The molecular formula is C28H28N4O6. The fourth-order valence-electron chi connectivity index (χ4n) is 4.37. The lowest BCUT2D eigenvalue weighted by molar-refractivity contribution is -0.389. The van der Waals surface area contributed by atoms with Crippen LogP contribution in [0.5, 0.6) is 0 Å². The summed E-state index contributed by atoms with van der Waals surface area (Å²) in [4.78, 5) is 27.4. The molecule has 0 saturated carbocycles. The van der Waals surface area contributed by atoms with E-state index in [0.29, 0.717) is 23.4 Å². The largest absolute Gasteiger partial charge is 0.384 e. The number of hydrogen-bond donors (Lipinski definition) is 4. The summed E-state index contributed by atoms with van der Waals surface area (Å²) in [5, 5.41) is 20.6. The van der Waals surface area contributed by atoms with Gasteiger partial charge >= 0.3 is 0 Å². The number of hydrogen-bond acceptors (Lipinski definition) is 7. The Bertz CT molecular complexity index is 1310. The van der Waals surface area contributed by atoms with Gasteiger partial charge in [0, 0.05) is 35.5 Å². The fourth-order valence-corrected chi connectivity index (χ4v) is 4.37. The molecule has 2 fully saturated rings. The lowest BCUT2D eigenvalue weighted by Crippen LogP contribution is -2.55. The first-order valence-corrected chi connectivity index (χ1v) is 12.2. The van der Waals surface area contributed by atoms with Crippen molar-refractivity contribution >= 4 is 29.0 Å². The number of anilines is 2. The van der Waals surface area contributed by atoms with Crippen LogP contribution < -0.4 is 16.0 Å². The summed E-state index contributed by atoms with van der Waals surface area (Å²) >= 11 is 0. The topological polar surface area (TPSA) is 147 Å². The molecule has 0 bridgehead atoms. The number of amides is 2. The van der Waals surface area contributed by atoms with Gasteiger partial charge in [-0.1, -0.05) is 42.5 Å². The zero-order valence-corrected chi connectivity index (χ0v) is 20.4. The predicted octanol–water partition coefficient (Wildman–Crippen LogP) is 2.32. The summed E-state index contributed by atoms with van der Waals surface area (Å²) in [5.41, 5.74) is 8.84. The molecule has 10 nitrogen and oxygen atoms in total. The number of nitrogens with zero attached hydrogens (tertiary/aromatic N) is 1. The number of carbonyl (C=O) groups is 2. The van der Waals surface area contributed by atoms with Gasteiger partial charge in [0.15, 0.2) is 24.8 Å². The van der Waals surface area contributed by atoms with E-state index < -0.39 is 30.3 Å². The van der Waals surface area contributed by atoms with Crippen LogP contribution in [0.15, 0.2) is 78.9 Å². The van der Waals surface area contributed by atoms with Crippen molar-refractivity contribution in [2.75, 3.05) is 23.4 Å². The molecule has 2 saturated heterocycles. The minimum Gasteiger partial charge on any atom is -0.384 e. The molecule has 2 aliphatic rings. The van der Waals surface area contributed by atoms with E-state index in [1.807, 2.05) is 48.5 Å². The first-order chi connectivity index (χ1) is 18.4. The minimum absolute atomic E-state index is 0.0996. The third kappa shape index (κ3) is 5.58. The number of benzene rings is 3. The van der Waals surface area contributed by atoms with Gasteiger partial charge < -0.3 is 35.3 Å². The first kappa shape index (κ1) is 25.6. The number of amidine groups is 1. The van der Waals surface area contributed by atoms with Crippen LogP contribution in [0.25, 0.3) is 0 Å². The number of aliphatic hydroxyl groups excluding tert-OH is 1. The molecule has 2 heterocycles. The van der Waals surface area contributed by atoms with Crippen molar-refractivity contribution in [1.29, 1.82) is 5.41 Å². The fraction of sp³-hybridized carbons (Fsp3) is 0.250. The highest BCUT2D eigenvalue weighted by Gasteiger charge is 2.39. The third-order valence-electron chi connectivity index (χ3n) is 6.39. The van der Waals surface area contributed by atoms with Crippen LogP contribution in [-0.4, -0.2) is 54.4 Å². The predicted molar refractivity (Wildman–Crippen MR) is 139 cm³/mol. The molecule has 3 aromatic carbocycles. The Hall–Kier alpha value is -4.09. The van der Waals surface area contributed by atoms with Gasteiger partial charge in [-0.05, 0) is 42.0 Å². The normalized spacial score (nSPS) is 21.9. The van der Waals surface area contributed by atoms with E-state index in [1.54, 1.807) is 30.3 Å². The zero-order valence-electron chi connectivity index (χ0n) is 20.4. The monoisotopic (exact) mass is 516 g/mol. The Morgan fingerprint density at radius 1 is 1.08 bits per heavy atom. The average Bonchev–Trinajstić information content (AvgIpc) is 2.91. The summed E-state index contributed by atoms with van der Waals surface area (Å²) < 4.78 is 17.2. The Balaban J connectivity index is 1.20. The van der Waals surface area contributed by atoms with Gasteiger partial charge in [0.2, 0.25) is 0 Å². The summed E-state index contributed by atoms with van der Waals surface area (Å²) in [6.45, 7) is 0.442. The van der Waals surface area contributed by atoms with Crippen LogP contribution in [0.3, 0.4) is 0 Å². The summed E-state index contributed by atoms with van der Waals surface area (Å²) in [5.74, 6) is -1.39. The molecule has 5 N–H and O–H groups in total. The molecule has 0 radical (unpaired) electrons. The van der Waals surface area contributed by atoms with Crippen molar-refractivity contribution in [2.45, 2.75) is 31.2 Å². The average molecular weight is 517 g/mol. The van der Waals surface area contributed by atoms with E-state index in [1.165, 1.54) is 4.90 Å². The highest BCUT2D eigenvalue weighted by molar-refractivity contribution is 6.04. The molecule has 10 heteroatoms. The van der Waals surface area contributed by atoms with E-state index in [9.17, 15) is 14.7 Å². The Morgan fingerprint density at radius 2 is 1.82 bits per heavy atom. The lowest BCUT2D eigenvalue weighted by atomic mass is 10.1. The van der Waals surface area contributed by atoms with E-state index in [0.717, 1.165) is 11.1 Å². The van der Waals surface area contributed by atoms with Crippen LogP contribution in [-0.2, 0) is 30.2 Å². The number of nitrogen functional groups attached to an aromatic ring is 1. The number of nitrogens with two attached hydrogens (primary N) is 1. The quantitative estimate of drug-likeness (QED) is 0.265. The Morgan fingerprint density at radius 3 is 2.53 bits per heavy atom. The number of morpholine rings is 1. The van der Waals surface area contributed by atoms with Crippen LogP contribution in [0.2, 0.25) is 0 Å². The maximum atomic E-state index is 13.2. The van der Waals surface area contributed by atoms with E-state index in [4.69, 9.17) is 25.4 Å². The third-order valence-corrected chi connectivity index (χ3v) is 6.39. The smallest absolute Gasteiger partial charge is 0.259 e. The van der Waals surface area contributed by atoms with Crippen molar-refractivity contribution in [3.8, 4) is 0 Å². The Kier molecular flexibility index (Phi) is 7.47. The second-order valence-corrected chi connectivity index (χ2v) is 9.02. The van der Waals surface area contributed by atoms with E-state index >= 15 is 0 Å². The van der Waals surface area contributed by atoms with Gasteiger partial charge in [0.05, 0.1) is 6.61 Å². The highest BCUT2D eigenvalue weighted by atomic mass is 16.9. The van der Waals surface area contributed by atoms with Crippen molar-refractivity contribution < 1.29 is 28.9 Å². The second kappa shape index (κ2) is 11.1.